The fourth-order valence-corrected chi connectivity index (χ4v) is 3.61. The minimum Gasteiger partial charge on any atom is -0.313 e. The summed E-state index contributed by atoms with van der Waals surface area (Å²) in [4.78, 5) is 20.2. The van der Waals surface area contributed by atoms with E-state index in [1.54, 1.807) is 0 Å². The van der Waals surface area contributed by atoms with Crippen LogP contribution in [0.15, 0.2) is 30.5 Å². The summed E-state index contributed by atoms with van der Waals surface area (Å²) >= 11 is 6.51. The molecule has 2 heterocycles. The first-order valence-electron chi connectivity index (χ1n) is 9.26. The lowest BCUT2D eigenvalue weighted by atomic mass is 10.0. The molecule has 0 fully saturated rings. The zero-order valence-electron chi connectivity index (χ0n) is 15.3. The number of hydrogen-bond donors (Lipinski definition) is 0. The minimum absolute atomic E-state index is 0.373. The normalized spacial score (nSPS) is 11.2. The number of benzene rings is 1. The minimum atomic E-state index is 0.373. The Hall–Kier alpha value is -2.20. The molecule has 3 aromatic rings. The number of imidazole rings is 1. The zero-order valence-corrected chi connectivity index (χ0v) is 16.1. The van der Waals surface area contributed by atoms with Crippen LogP contribution < -0.4 is 0 Å². The number of nitrogens with zero attached hydrogens (tertiary/aromatic N) is 3. The Balaban J connectivity index is 2.08. The van der Waals surface area contributed by atoms with Crippen molar-refractivity contribution in [1.29, 1.82) is 0 Å². The van der Waals surface area contributed by atoms with Gasteiger partial charge in [0, 0.05) is 41.7 Å². The predicted molar refractivity (Wildman–Crippen MR) is 107 cm³/mol. The van der Waals surface area contributed by atoms with Crippen molar-refractivity contribution in [2.45, 2.75) is 52.5 Å². The van der Waals surface area contributed by atoms with Crippen molar-refractivity contribution < 1.29 is 4.79 Å². The number of fused-ring (bicyclic) bond motifs is 1. The topological polar surface area (TPSA) is 47.8 Å². The molecule has 0 aliphatic carbocycles. The zero-order chi connectivity index (χ0) is 18.5. The van der Waals surface area contributed by atoms with E-state index < -0.39 is 0 Å². The van der Waals surface area contributed by atoms with E-state index in [-0.39, 0.29) is 0 Å². The Labute approximate surface area is 159 Å². The average molecular weight is 370 g/mol. The highest BCUT2D eigenvalue weighted by atomic mass is 35.5. The molecule has 0 saturated heterocycles. The third kappa shape index (κ3) is 3.65. The fraction of sp³-hybridized carbons (Fsp3) is 0.381. The van der Waals surface area contributed by atoms with Crippen LogP contribution in [0.1, 0.15) is 44.5 Å². The molecule has 0 amide bonds. The van der Waals surface area contributed by atoms with Gasteiger partial charge in [-0.2, -0.15) is 0 Å². The molecular formula is C21H24ClN3O. The van der Waals surface area contributed by atoms with Gasteiger partial charge >= 0.3 is 0 Å². The molecule has 0 spiro atoms. The second-order valence-corrected chi connectivity index (χ2v) is 6.86. The van der Waals surface area contributed by atoms with Gasteiger partial charge in [0.1, 0.15) is 17.6 Å². The maximum Gasteiger partial charge on any atom is 0.160 e. The van der Waals surface area contributed by atoms with Crippen LogP contribution in [0.5, 0.6) is 0 Å². The third-order valence-electron chi connectivity index (χ3n) is 4.66. The average Bonchev–Trinajstić information content (AvgIpc) is 3.01. The van der Waals surface area contributed by atoms with Gasteiger partial charge in [0.25, 0.3) is 0 Å². The van der Waals surface area contributed by atoms with Crippen LogP contribution in [0.25, 0.3) is 22.3 Å². The lowest BCUT2D eigenvalue weighted by Gasteiger charge is -2.08. The van der Waals surface area contributed by atoms with E-state index in [0.717, 1.165) is 59.4 Å². The second-order valence-electron chi connectivity index (χ2n) is 6.46. The molecule has 0 aliphatic heterocycles. The molecular weight excluding hydrogens is 346 g/mol. The predicted octanol–water partition coefficient (Wildman–Crippen LogP) is 5.25. The van der Waals surface area contributed by atoms with E-state index >= 15 is 0 Å². The van der Waals surface area contributed by atoms with Gasteiger partial charge in [0.2, 0.25) is 0 Å². The molecule has 0 atom stereocenters. The summed E-state index contributed by atoms with van der Waals surface area (Å²) in [6, 6.07) is 7.74. The number of rotatable bonds is 8. The van der Waals surface area contributed by atoms with Crippen molar-refractivity contribution >= 4 is 29.1 Å². The lowest BCUT2D eigenvalue weighted by Crippen LogP contribution is -2.04. The maximum absolute atomic E-state index is 10.7. The standard InChI is InChI=1S/C21H24ClN3O/c1-3-5-6-12-25-19(4-2)24-20-17(9-11-23-21(20)25)16-8-7-15(10-13-26)14-18(16)22/h7-9,11,13-14H,3-6,10,12H2,1-2H3. The van der Waals surface area contributed by atoms with Gasteiger partial charge in [0.05, 0.1) is 0 Å². The molecule has 136 valence electrons. The largest absolute Gasteiger partial charge is 0.313 e. The summed E-state index contributed by atoms with van der Waals surface area (Å²) in [5, 5.41) is 0.635. The molecule has 0 unspecified atom stereocenters. The summed E-state index contributed by atoms with van der Waals surface area (Å²) in [5.74, 6) is 1.06. The number of hydrogen-bond acceptors (Lipinski definition) is 3. The molecule has 5 heteroatoms. The van der Waals surface area contributed by atoms with Crippen LogP contribution in [0, 0.1) is 0 Å². The number of aromatic nitrogens is 3. The number of carbonyl (C=O) groups excluding carboxylic acids is 1. The highest BCUT2D eigenvalue weighted by Gasteiger charge is 2.16. The first kappa shape index (κ1) is 18.6. The number of pyridine rings is 1. The van der Waals surface area contributed by atoms with Crippen LogP contribution in [-0.4, -0.2) is 20.8 Å². The van der Waals surface area contributed by atoms with Crippen molar-refractivity contribution in [2.24, 2.45) is 0 Å². The van der Waals surface area contributed by atoms with Crippen LogP contribution >= 0.6 is 11.6 Å². The van der Waals surface area contributed by atoms with Crippen LogP contribution in [-0.2, 0) is 24.2 Å². The van der Waals surface area contributed by atoms with Gasteiger partial charge in [0.15, 0.2) is 5.65 Å². The smallest absolute Gasteiger partial charge is 0.160 e. The van der Waals surface area contributed by atoms with Gasteiger partial charge in [-0.1, -0.05) is 50.4 Å². The van der Waals surface area contributed by atoms with Gasteiger partial charge in [-0.15, -0.1) is 0 Å². The van der Waals surface area contributed by atoms with Gasteiger partial charge in [-0.25, -0.2) is 9.97 Å². The quantitative estimate of drug-likeness (QED) is 0.402. The lowest BCUT2D eigenvalue weighted by molar-refractivity contribution is -0.107. The Bertz CT molecular complexity index is 917. The number of unbranched alkanes of at least 4 members (excludes halogenated alkanes) is 2. The third-order valence-corrected chi connectivity index (χ3v) is 4.97. The molecule has 0 aliphatic rings. The maximum atomic E-state index is 10.7. The van der Waals surface area contributed by atoms with E-state index in [1.165, 1.54) is 12.8 Å². The molecule has 0 bridgehead atoms. The first-order chi connectivity index (χ1) is 12.7. The molecule has 0 N–H and O–H groups in total. The van der Waals surface area contributed by atoms with Crippen LogP contribution in [0.2, 0.25) is 5.02 Å². The van der Waals surface area contributed by atoms with Crippen LogP contribution in [0.3, 0.4) is 0 Å². The van der Waals surface area contributed by atoms with Crippen molar-refractivity contribution in [3.8, 4) is 11.1 Å². The Kier molecular flexibility index (Phi) is 6.04. The molecule has 1 aromatic carbocycles. The van der Waals surface area contributed by atoms with Crippen molar-refractivity contribution in [2.75, 3.05) is 0 Å². The number of aryl methyl sites for hydroxylation is 2. The number of carbonyl (C=O) groups is 1. The summed E-state index contributed by atoms with van der Waals surface area (Å²) in [7, 11) is 0. The van der Waals surface area contributed by atoms with E-state index in [0.29, 0.717) is 11.4 Å². The molecule has 3 rings (SSSR count). The van der Waals surface area contributed by atoms with Crippen molar-refractivity contribution in [3.05, 3.63) is 46.9 Å². The Morgan fingerprint density at radius 3 is 2.69 bits per heavy atom. The summed E-state index contributed by atoms with van der Waals surface area (Å²) < 4.78 is 2.24. The van der Waals surface area contributed by atoms with Crippen LogP contribution in [0.4, 0.5) is 0 Å². The summed E-state index contributed by atoms with van der Waals surface area (Å²) in [6.45, 7) is 5.27. The number of halogens is 1. The Morgan fingerprint density at radius 2 is 2.00 bits per heavy atom. The highest BCUT2D eigenvalue weighted by molar-refractivity contribution is 6.33. The molecule has 26 heavy (non-hydrogen) atoms. The number of aldehydes is 1. The first-order valence-corrected chi connectivity index (χ1v) is 9.63. The van der Waals surface area contributed by atoms with E-state index in [1.807, 2.05) is 30.5 Å². The van der Waals surface area contributed by atoms with Crippen molar-refractivity contribution in [1.82, 2.24) is 14.5 Å². The fourth-order valence-electron chi connectivity index (χ4n) is 3.30. The molecule has 4 nitrogen and oxygen atoms in total. The van der Waals surface area contributed by atoms with Gasteiger partial charge < -0.3 is 9.36 Å². The van der Waals surface area contributed by atoms with Gasteiger partial charge in [-0.3, -0.25) is 0 Å². The van der Waals surface area contributed by atoms with E-state index in [2.05, 4.69) is 23.4 Å². The Morgan fingerprint density at radius 1 is 1.15 bits per heavy atom. The van der Waals surface area contributed by atoms with Gasteiger partial charge in [-0.05, 0) is 24.1 Å². The summed E-state index contributed by atoms with van der Waals surface area (Å²) in [6.07, 6.45) is 7.47. The van der Waals surface area contributed by atoms with E-state index in [9.17, 15) is 4.79 Å². The molecule has 0 saturated carbocycles. The van der Waals surface area contributed by atoms with E-state index in [4.69, 9.17) is 16.6 Å². The SMILES string of the molecule is CCCCCn1c(CC)nc2c(-c3ccc(CC=O)cc3Cl)ccnc21. The van der Waals surface area contributed by atoms with Crippen molar-refractivity contribution in [3.63, 3.8) is 0 Å². The second kappa shape index (κ2) is 8.45. The molecule has 0 radical (unpaired) electrons. The summed E-state index contributed by atoms with van der Waals surface area (Å²) in [5.41, 5.74) is 4.64. The monoisotopic (exact) mass is 369 g/mol. The highest BCUT2D eigenvalue weighted by Crippen LogP contribution is 2.33. The molecule has 2 aromatic heterocycles.